The van der Waals surface area contributed by atoms with E-state index in [0.717, 1.165) is 29.5 Å². The minimum absolute atomic E-state index is 0.0452. The third-order valence-electron chi connectivity index (χ3n) is 9.73. The van der Waals surface area contributed by atoms with Crippen LogP contribution in [0.5, 0.6) is 0 Å². The summed E-state index contributed by atoms with van der Waals surface area (Å²) in [7, 11) is 1.68. The molecular formula is C43H47N5O7. The number of hydrogen-bond donors (Lipinski definition) is 5. The van der Waals surface area contributed by atoms with E-state index >= 15 is 0 Å². The highest BCUT2D eigenvalue weighted by Gasteiger charge is 2.22. The predicted molar refractivity (Wildman–Crippen MR) is 213 cm³/mol. The summed E-state index contributed by atoms with van der Waals surface area (Å²) in [6.45, 7) is 5.79. The molecule has 0 aliphatic carbocycles. The van der Waals surface area contributed by atoms with Gasteiger partial charge in [0.05, 0.1) is 17.5 Å². The zero-order valence-electron chi connectivity index (χ0n) is 31.3. The van der Waals surface area contributed by atoms with Crippen molar-refractivity contribution in [3.05, 3.63) is 130 Å². The average molecular weight is 746 g/mol. The maximum absolute atomic E-state index is 13.8. The van der Waals surface area contributed by atoms with Crippen LogP contribution in [0.3, 0.4) is 0 Å². The molecule has 286 valence electrons. The fourth-order valence-electron chi connectivity index (χ4n) is 6.61. The molecule has 0 saturated heterocycles. The van der Waals surface area contributed by atoms with Crippen LogP contribution in [0.2, 0.25) is 0 Å². The van der Waals surface area contributed by atoms with Gasteiger partial charge in [0.1, 0.15) is 5.82 Å². The van der Waals surface area contributed by atoms with Gasteiger partial charge < -0.3 is 30.7 Å². The summed E-state index contributed by atoms with van der Waals surface area (Å²) >= 11 is 0. The molecular weight excluding hydrogens is 699 g/mol. The van der Waals surface area contributed by atoms with Crippen molar-refractivity contribution in [1.82, 2.24) is 14.8 Å². The first-order valence-electron chi connectivity index (χ1n) is 18.4. The van der Waals surface area contributed by atoms with E-state index in [1.165, 1.54) is 0 Å². The molecule has 0 aliphatic rings. The van der Waals surface area contributed by atoms with Crippen LogP contribution in [0.15, 0.2) is 97.1 Å². The Kier molecular flexibility index (Phi) is 13.5. The van der Waals surface area contributed by atoms with Crippen LogP contribution < -0.4 is 10.6 Å². The molecule has 0 fully saturated rings. The highest BCUT2D eigenvalue weighted by Crippen LogP contribution is 2.28. The summed E-state index contributed by atoms with van der Waals surface area (Å²) in [5, 5.41) is 24.7. The van der Waals surface area contributed by atoms with Crippen molar-refractivity contribution in [2.75, 3.05) is 30.8 Å². The first-order chi connectivity index (χ1) is 26.4. The van der Waals surface area contributed by atoms with Crippen molar-refractivity contribution in [3.8, 4) is 0 Å². The Bertz CT molecular complexity index is 2140. The van der Waals surface area contributed by atoms with Gasteiger partial charge in [-0.3, -0.25) is 24.1 Å². The van der Waals surface area contributed by atoms with E-state index in [1.54, 1.807) is 54.4 Å². The van der Waals surface area contributed by atoms with Crippen LogP contribution in [0.1, 0.15) is 87.3 Å². The molecule has 0 spiro atoms. The lowest BCUT2D eigenvalue weighted by molar-refractivity contribution is -0.140. The monoisotopic (exact) mass is 745 g/mol. The molecule has 0 radical (unpaired) electrons. The van der Waals surface area contributed by atoms with Crippen molar-refractivity contribution < 1.29 is 34.2 Å². The summed E-state index contributed by atoms with van der Waals surface area (Å²) < 4.78 is 0. The van der Waals surface area contributed by atoms with Gasteiger partial charge in [-0.25, -0.2) is 4.79 Å². The van der Waals surface area contributed by atoms with Crippen molar-refractivity contribution in [3.63, 3.8) is 0 Å². The second-order valence-corrected chi connectivity index (χ2v) is 13.6. The highest BCUT2D eigenvalue weighted by atomic mass is 16.4. The number of rotatable bonds is 18. The van der Waals surface area contributed by atoms with Crippen LogP contribution in [0.25, 0.3) is 10.9 Å². The molecule has 1 aromatic heterocycles. The molecule has 0 unspecified atom stereocenters. The molecule has 4 aromatic carbocycles. The van der Waals surface area contributed by atoms with Crippen LogP contribution in [0.4, 0.5) is 11.5 Å². The summed E-state index contributed by atoms with van der Waals surface area (Å²) in [6, 6.07) is 29.0. The number of benzene rings is 4. The number of aromatic amines is 1. The zero-order chi connectivity index (χ0) is 39.5. The molecule has 55 heavy (non-hydrogen) atoms. The van der Waals surface area contributed by atoms with Crippen molar-refractivity contribution in [2.45, 2.75) is 58.5 Å². The van der Waals surface area contributed by atoms with Crippen molar-refractivity contribution in [2.24, 2.45) is 0 Å². The standard InChI is InChI=1S/C43H47N5O7/c1-4-34(5-2)48(24-23-47(3)37(49)21-22-38(50)51)27-30-9-8-10-32(26-30)41(52)46-40-39(35-11-6-7-12-36(35)45-40)42(53)44-33-19-15-29(16-20-33)25-28-13-17-31(18-14-28)43(54)55/h6-20,26,34,45H,4-5,21-25,27H2,1-3H3,(H,44,53)(H,46,52)(H,50,51)(H,54,55). The normalized spacial score (nSPS) is 11.1. The Hall–Kier alpha value is -6.27. The lowest BCUT2D eigenvalue weighted by Gasteiger charge is -2.32. The number of carbonyl (C=O) groups excluding carboxylic acids is 3. The van der Waals surface area contributed by atoms with E-state index in [2.05, 4.69) is 34.4 Å². The second-order valence-electron chi connectivity index (χ2n) is 13.6. The fraction of sp³-hybridized carbons (Fsp3) is 0.279. The molecule has 12 nitrogen and oxygen atoms in total. The van der Waals surface area contributed by atoms with Crippen molar-refractivity contribution in [1.29, 1.82) is 0 Å². The van der Waals surface area contributed by atoms with E-state index in [-0.39, 0.29) is 42.1 Å². The number of fused-ring (bicyclic) bond motifs is 1. The van der Waals surface area contributed by atoms with Crippen LogP contribution >= 0.6 is 0 Å². The number of likely N-dealkylation sites (N-methyl/N-ethyl adjacent to an activating group) is 1. The quantitative estimate of drug-likeness (QED) is 0.0623. The maximum Gasteiger partial charge on any atom is 0.335 e. The molecule has 1 heterocycles. The number of nitrogens with zero attached hydrogens (tertiary/aromatic N) is 2. The molecule has 0 bridgehead atoms. The van der Waals surface area contributed by atoms with E-state index in [1.807, 2.05) is 54.6 Å². The number of hydrogen-bond acceptors (Lipinski definition) is 6. The number of para-hydroxylation sites is 1. The number of amides is 3. The van der Waals surface area contributed by atoms with Crippen LogP contribution in [-0.4, -0.2) is 80.8 Å². The predicted octanol–water partition coefficient (Wildman–Crippen LogP) is 7.28. The third-order valence-corrected chi connectivity index (χ3v) is 9.73. The first kappa shape index (κ1) is 39.9. The number of aromatic carboxylic acids is 1. The zero-order valence-corrected chi connectivity index (χ0v) is 31.3. The Morgan fingerprint density at radius 3 is 2.04 bits per heavy atom. The van der Waals surface area contributed by atoms with E-state index in [0.29, 0.717) is 53.8 Å². The van der Waals surface area contributed by atoms with Gasteiger partial charge in [0, 0.05) is 61.3 Å². The smallest absolute Gasteiger partial charge is 0.335 e. The Morgan fingerprint density at radius 2 is 1.38 bits per heavy atom. The number of anilines is 2. The van der Waals surface area contributed by atoms with Gasteiger partial charge in [-0.05, 0) is 78.4 Å². The molecule has 5 N–H and O–H groups in total. The Labute approximate surface area is 320 Å². The number of aromatic nitrogens is 1. The number of carboxylic acid groups (broad SMARTS) is 2. The molecule has 5 aromatic rings. The summed E-state index contributed by atoms with van der Waals surface area (Å²) in [4.78, 5) is 69.2. The topological polar surface area (TPSA) is 172 Å². The summed E-state index contributed by atoms with van der Waals surface area (Å²) in [5.41, 5.74) is 5.06. The second kappa shape index (κ2) is 18.7. The van der Waals surface area contributed by atoms with Gasteiger partial charge in [0.25, 0.3) is 11.8 Å². The number of nitrogens with one attached hydrogen (secondary N) is 3. The lowest BCUT2D eigenvalue weighted by Crippen LogP contribution is -2.41. The SMILES string of the molecule is CCC(CC)N(CCN(C)C(=O)CCC(=O)O)Cc1cccc(C(=O)Nc2[nH]c3ccccc3c2C(=O)Nc2ccc(Cc3ccc(C(=O)O)cc3)cc2)c1. The van der Waals surface area contributed by atoms with Gasteiger partial charge in [-0.1, -0.05) is 68.4 Å². The van der Waals surface area contributed by atoms with E-state index < -0.39 is 17.8 Å². The number of aliphatic carboxylic acids is 1. The van der Waals surface area contributed by atoms with Gasteiger partial charge in [-0.15, -0.1) is 0 Å². The molecule has 5 rings (SSSR count). The van der Waals surface area contributed by atoms with Crippen molar-refractivity contribution >= 4 is 52.1 Å². The average Bonchev–Trinajstić information content (AvgIpc) is 3.55. The molecule has 3 amide bonds. The summed E-state index contributed by atoms with van der Waals surface area (Å²) in [5.74, 6) is -2.71. The Morgan fingerprint density at radius 1 is 0.709 bits per heavy atom. The molecule has 0 saturated carbocycles. The molecule has 0 atom stereocenters. The maximum atomic E-state index is 13.8. The van der Waals surface area contributed by atoms with Gasteiger partial charge in [0.15, 0.2) is 0 Å². The van der Waals surface area contributed by atoms with Gasteiger partial charge >= 0.3 is 11.9 Å². The van der Waals surface area contributed by atoms with Crippen LogP contribution in [-0.2, 0) is 22.6 Å². The molecule has 0 aliphatic heterocycles. The minimum atomic E-state index is -1.00. The first-order valence-corrected chi connectivity index (χ1v) is 18.4. The molecule has 12 heteroatoms. The third kappa shape index (κ3) is 10.7. The fourth-order valence-corrected chi connectivity index (χ4v) is 6.61. The van der Waals surface area contributed by atoms with Gasteiger partial charge in [0.2, 0.25) is 5.91 Å². The highest BCUT2D eigenvalue weighted by molar-refractivity contribution is 6.19. The number of carbonyl (C=O) groups is 5. The summed E-state index contributed by atoms with van der Waals surface area (Å²) in [6.07, 6.45) is 2.14. The number of carboxylic acids is 2. The van der Waals surface area contributed by atoms with Crippen LogP contribution in [0, 0.1) is 0 Å². The van der Waals surface area contributed by atoms with E-state index in [4.69, 9.17) is 10.2 Å². The Balaban J connectivity index is 1.28. The minimum Gasteiger partial charge on any atom is -0.481 e. The largest absolute Gasteiger partial charge is 0.481 e. The number of H-pyrrole nitrogens is 1. The lowest BCUT2D eigenvalue weighted by atomic mass is 10.0. The van der Waals surface area contributed by atoms with E-state index in [9.17, 15) is 24.0 Å². The van der Waals surface area contributed by atoms with Gasteiger partial charge in [-0.2, -0.15) is 0 Å².